The van der Waals surface area contributed by atoms with E-state index in [0.29, 0.717) is 19.5 Å². The molecule has 0 aliphatic carbocycles. The lowest BCUT2D eigenvalue weighted by molar-refractivity contribution is -0.121. The molecule has 5 nitrogen and oxygen atoms in total. The van der Waals surface area contributed by atoms with E-state index in [1.165, 1.54) is 12.1 Å². The minimum atomic E-state index is -0.201. The molecule has 9 heteroatoms. The van der Waals surface area contributed by atoms with Crippen LogP contribution in [0, 0.1) is 5.82 Å². The maximum atomic E-state index is 12.9. The summed E-state index contributed by atoms with van der Waals surface area (Å²) in [5.74, 6) is -0.122. The molecule has 146 valence electrons. The van der Waals surface area contributed by atoms with Crippen molar-refractivity contribution >= 4 is 48.8 Å². The third-order valence-corrected chi connectivity index (χ3v) is 3.92. The van der Waals surface area contributed by atoms with Crippen LogP contribution in [0.3, 0.4) is 0 Å². The molecular weight excluding hydrogens is 390 g/mol. The van der Waals surface area contributed by atoms with Gasteiger partial charge in [0.2, 0.25) is 5.91 Å². The van der Waals surface area contributed by atoms with Crippen LogP contribution in [-0.4, -0.2) is 56.6 Å². The molecule has 0 saturated carbocycles. The van der Waals surface area contributed by atoms with Gasteiger partial charge in [0.25, 0.3) is 0 Å². The summed E-state index contributed by atoms with van der Waals surface area (Å²) in [6.07, 6.45) is 1.25. The highest BCUT2D eigenvalue weighted by Gasteiger charge is 2.16. The number of nitrogens with two attached hydrogens (primary N) is 1. The van der Waals surface area contributed by atoms with Gasteiger partial charge in [-0.2, -0.15) is 0 Å². The molecule has 1 fully saturated rings. The summed E-state index contributed by atoms with van der Waals surface area (Å²) in [6, 6.07) is 6.64. The second-order valence-electron chi connectivity index (χ2n) is 5.55. The number of halogens is 4. The van der Waals surface area contributed by atoms with Gasteiger partial charge in [-0.25, -0.2) is 4.39 Å². The molecule has 1 aliphatic rings. The van der Waals surface area contributed by atoms with E-state index >= 15 is 0 Å². The number of benzene rings is 1. The number of amides is 1. The Labute approximate surface area is 167 Å². The topological polar surface area (TPSA) is 61.6 Å². The Morgan fingerprint density at radius 3 is 2.24 bits per heavy atom. The summed E-state index contributed by atoms with van der Waals surface area (Å²) >= 11 is 0. The molecule has 1 heterocycles. The van der Waals surface area contributed by atoms with Crippen molar-refractivity contribution in [2.75, 3.05) is 50.7 Å². The van der Waals surface area contributed by atoms with Crippen LogP contribution in [-0.2, 0) is 4.79 Å². The molecule has 25 heavy (non-hydrogen) atoms. The second kappa shape index (κ2) is 14.4. The fourth-order valence-corrected chi connectivity index (χ4v) is 2.59. The summed E-state index contributed by atoms with van der Waals surface area (Å²) in [5.41, 5.74) is 6.44. The van der Waals surface area contributed by atoms with Crippen molar-refractivity contribution in [2.24, 2.45) is 5.73 Å². The van der Waals surface area contributed by atoms with Crippen LogP contribution in [0.1, 0.15) is 12.8 Å². The Kier molecular flexibility index (Phi) is 15.2. The monoisotopic (exact) mass is 416 g/mol. The summed E-state index contributed by atoms with van der Waals surface area (Å²) in [6.45, 7) is 5.86. The van der Waals surface area contributed by atoms with Crippen molar-refractivity contribution in [3.8, 4) is 0 Å². The minimum Gasteiger partial charge on any atom is -0.369 e. The van der Waals surface area contributed by atoms with Crippen LogP contribution in [0.15, 0.2) is 24.3 Å². The molecule has 0 radical (unpaired) electrons. The SMILES string of the molecule is Cl.Cl.Cl.NCCCC(=O)NCCN1CCN(c2ccc(F)cc2)CC1. The minimum absolute atomic E-state index is 0. The van der Waals surface area contributed by atoms with Gasteiger partial charge in [0.05, 0.1) is 0 Å². The smallest absolute Gasteiger partial charge is 0.220 e. The lowest BCUT2D eigenvalue weighted by Crippen LogP contribution is -2.48. The Morgan fingerprint density at radius 2 is 1.68 bits per heavy atom. The van der Waals surface area contributed by atoms with Gasteiger partial charge in [0.15, 0.2) is 0 Å². The summed E-state index contributed by atoms with van der Waals surface area (Å²) in [4.78, 5) is 16.1. The number of hydrogen-bond donors (Lipinski definition) is 2. The molecule has 1 saturated heterocycles. The number of piperazine rings is 1. The van der Waals surface area contributed by atoms with E-state index in [-0.39, 0.29) is 48.9 Å². The molecular formula is C16H28Cl3FN4O. The average molecular weight is 418 g/mol. The molecule has 0 aromatic heterocycles. The number of carbonyl (C=O) groups is 1. The molecule has 1 aromatic carbocycles. The van der Waals surface area contributed by atoms with Crippen molar-refractivity contribution < 1.29 is 9.18 Å². The average Bonchev–Trinajstić information content (AvgIpc) is 2.54. The van der Waals surface area contributed by atoms with E-state index in [9.17, 15) is 9.18 Å². The standard InChI is InChI=1S/C16H25FN4O.3ClH/c17-14-3-5-15(6-4-14)21-12-10-20(11-13-21)9-8-19-16(22)2-1-7-18;;;/h3-6H,1-2,7-13,18H2,(H,19,22);3*1H. The van der Waals surface area contributed by atoms with Crippen LogP contribution in [0.2, 0.25) is 0 Å². The molecule has 1 aliphatic heterocycles. The number of anilines is 1. The highest BCUT2D eigenvalue weighted by Crippen LogP contribution is 2.16. The van der Waals surface area contributed by atoms with E-state index in [1.807, 2.05) is 12.1 Å². The number of rotatable bonds is 7. The first-order chi connectivity index (χ1) is 10.7. The fourth-order valence-electron chi connectivity index (χ4n) is 2.59. The first kappa shape index (κ1) is 26.4. The van der Waals surface area contributed by atoms with Crippen molar-refractivity contribution in [3.05, 3.63) is 30.1 Å². The Hall–Kier alpha value is -0.790. The zero-order chi connectivity index (χ0) is 15.8. The zero-order valence-corrected chi connectivity index (χ0v) is 16.6. The molecule has 2 rings (SSSR count). The van der Waals surface area contributed by atoms with Crippen LogP contribution >= 0.6 is 37.2 Å². The van der Waals surface area contributed by atoms with E-state index in [1.54, 1.807) is 0 Å². The van der Waals surface area contributed by atoms with Crippen LogP contribution in [0.5, 0.6) is 0 Å². The van der Waals surface area contributed by atoms with Gasteiger partial charge in [0, 0.05) is 51.4 Å². The Morgan fingerprint density at radius 1 is 1.08 bits per heavy atom. The van der Waals surface area contributed by atoms with Gasteiger partial charge in [-0.3, -0.25) is 9.69 Å². The van der Waals surface area contributed by atoms with Gasteiger partial charge in [0.1, 0.15) is 5.82 Å². The predicted molar refractivity (Wildman–Crippen MR) is 108 cm³/mol. The molecule has 0 spiro atoms. The van der Waals surface area contributed by atoms with Gasteiger partial charge < -0.3 is 16.0 Å². The quantitative estimate of drug-likeness (QED) is 0.713. The predicted octanol–water partition coefficient (Wildman–Crippen LogP) is 2.07. The number of carbonyl (C=O) groups excluding carboxylic acids is 1. The van der Waals surface area contributed by atoms with Crippen molar-refractivity contribution in [1.29, 1.82) is 0 Å². The molecule has 0 unspecified atom stereocenters. The van der Waals surface area contributed by atoms with Crippen molar-refractivity contribution in [3.63, 3.8) is 0 Å². The molecule has 0 atom stereocenters. The highest BCUT2D eigenvalue weighted by molar-refractivity contribution is 5.86. The first-order valence-corrected chi connectivity index (χ1v) is 7.88. The third-order valence-electron chi connectivity index (χ3n) is 3.92. The molecule has 3 N–H and O–H groups in total. The maximum absolute atomic E-state index is 12.9. The lowest BCUT2D eigenvalue weighted by atomic mass is 10.2. The van der Waals surface area contributed by atoms with Gasteiger partial charge in [-0.15, -0.1) is 37.2 Å². The summed E-state index contributed by atoms with van der Waals surface area (Å²) in [7, 11) is 0. The van der Waals surface area contributed by atoms with Gasteiger partial charge >= 0.3 is 0 Å². The van der Waals surface area contributed by atoms with Crippen LogP contribution in [0.25, 0.3) is 0 Å². The number of nitrogens with zero attached hydrogens (tertiary/aromatic N) is 2. The lowest BCUT2D eigenvalue weighted by Gasteiger charge is -2.36. The second-order valence-corrected chi connectivity index (χ2v) is 5.55. The van der Waals surface area contributed by atoms with E-state index < -0.39 is 0 Å². The van der Waals surface area contributed by atoms with E-state index in [2.05, 4.69) is 15.1 Å². The van der Waals surface area contributed by atoms with E-state index in [0.717, 1.165) is 44.8 Å². The number of nitrogens with one attached hydrogen (secondary N) is 1. The molecule has 1 aromatic rings. The zero-order valence-electron chi connectivity index (χ0n) is 14.2. The maximum Gasteiger partial charge on any atom is 0.220 e. The van der Waals surface area contributed by atoms with Gasteiger partial charge in [-0.05, 0) is 37.2 Å². The Bertz CT molecular complexity index is 471. The fraction of sp³-hybridized carbons (Fsp3) is 0.562. The van der Waals surface area contributed by atoms with Crippen LogP contribution < -0.4 is 16.0 Å². The highest BCUT2D eigenvalue weighted by atomic mass is 35.5. The molecule has 0 bridgehead atoms. The largest absolute Gasteiger partial charge is 0.369 e. The van der Waals surface area contributed by atoms with Crippen molar-refractivity contribution in [1.82, 2.24) is 10.2 Å². The summed E-state index contributed by atoms with van der Waals surface area (Å²) < 4.78 is 12.9. The van der Waals surface area contributed by atoms with Crippen molar-refractivity contribution in [2.45, 2.75) is 12.8 Å². The summed E-state index contributed by atoms with van der Waals surface area (Å²) in [5, 5.41) is 2.92. The normalized spacial score (nSPS) is 13.9. The Balaban J connectivity index is 0. The molecule has 1 amide bonds. The first-order valence-electron chi connectivity index (χ1n) is 7.88. The van der Waals surface area contributed by atoms with E-state index in [4.69, 9.17) is 5.73 Å². The third kappa shape index (κ3) is 9.47. The van der Waals surface area contributed by atoms with Gasteiger partial charge in [-0.1, -0.05) is 0 Å². The number of hydrogen-bond acceptors (Lipinski definition) is 4. The van der Waals surface area contributed by atoms with Crippen LogP contribution in [0.4, 0.5) is 10.1 Å².